The molecule has 0 unspecified atom stereocenters. The van der Waals surface area contributed by atoms with Gasteiger partial charge in [-0.3, -0.25) is 0 Å². The van der Waals surface area contributed by atoms with Crippen molar-refractivity contribution >= 4 is 27.5 Å². The Bertz CT molecular complexity index is 544. The Morgan fingerprint density at radius 3 is 3.00 bits per heavy atom. The maximum absolute atomic E-state index is 12.2. The monoisotopic (exact) mass is 314 g/mol. The Morgan fingerprint density at radius 1 is 1.35 bits per heavy atom. The Morgan fingerprint density at radius 2 is 2.20 bits per heavy atom. The van der Waals surface area contributed by atoms with Crippen LogP contribution in [0.25, 0.3) is 0 Å². The van der Waals surface area contributed by atoms with Crippen LogP contribution in [0.2, 0.25) is 0 Å². The van der Waals surface area contributed by atoms with E-state index in [1.807, 2.05) is 6.07 Å². The zero-order valence-electron chi connectivity index (χ0n) is 11.8. The zero-order chi connectivity index (χ0) is 14.4. The second kappa shape index (κ2) is 7.33. The van der Waals surface area contributed by atoms with Gasteiger partial charge in [-0.15, -0.1) is 0 Å². The predicted octanol–water partition coefficient (Wildman–Crippen LogP) is 2.47. The quantitative estimate of drug-likeness (QED) is 0.759. The lowest BCUT2D eigenvalue weighted by atomic mass is 10.0. The second-order valence-corrected chi connectivity index (χ2v) is 7.70. The smallest absolute Gasteiger partial charge is 0.240 e. The van der Waals surface area contributed by atoms with Gasteiger partial charge in [0.2, 0.25) is 10.0 Å². The van der Waals surface area contributed by atoms with Crippen LogP contribution < -0.4 is 10.0 Å². The van der Waals surface area contributed by atoms with Crippen LogP contribution in [0.15, 0.2) is 23.1 Å². The number of aryl methyl sites for hydroxylation is 1. The average molecular weight is 314 g/mol. The molecule has 2 N–H and O–H groups in total. The van der Waals surface area contributed by atoms with E-state index in [1.165, 1.54) is 5.56 Å². The molecule has 112 valence electrons. The lowest BCUT2D eigenvalue weighted by molar-refractivity contribution is 0.578. The van der Waals surface area contributed by atoms with Crippen LogP contribution in [0.1, 0.15) is 24.8 Å². The summed E-state index contributed by atoms with van der Waals surface area (Å²) in [6, 6.07) is 5.37. The first-order valence-electron chi connectivity index (χ1n) is 6.99. The number of hydrogen-bond acceptors (Lipinski definition) is 4. The predicted molar refractivity (Wildman–Crippen MR) is 86.1 cm³/mol. The first-order valence-corrected chi connectivity index (χ1v) is 9.86. The Balaban J connectivity index is 1.98. The van der Waals surface area contributed by atoms with Crippen LogP contribution in [0.4, 0.5) is 5.69 Å². The molecule has 4 nitrogen and oxygen atoms in total. The highest BCUT2D eigenvalue weighted by atomic mass is 32.2. The van der Waals surface area contributed by atoms with Crippen molar-refractivity contribution in [2.24, 2.45) is 0 Å². The summed E-state index contributed by atoms with van der Waals surface area (Å²) in [5.74, 6) is 1.07. The third-order valence-corrected chi connectivity index (χ3v) is 5.55. The largest absolute Gasteiger partial charge is 0.385 e. The van der Waals surface area contributed by atoms with Gasteiger partial charge in [0.25, 0.3) is 0 Å². The van der Waals surface area contributed by atoms with Crippen molar-refractivity contribution in [2.45, 2.75) is 30.6 Å². The molecule has 0 saturated heterocycles. The van der Waals surface area contributed by atoms with E-state index in [1.54, 1.807) is 23.9 Å². The molecule has 1 aliphatic heterocycles. The number of nitrogens with one attached hydrogen (secondary N) is 2. The highest BCUT2D eigenvalue weighted by Crippen LogP contribution is 2.25. The number of anilines is 1. The molecule has 20 heavy (non-hydrogen) atoms. The molecule has 0 atom stereocenters. The Labute approximate surface area is 125 Å². The molecular formula is C14H22N2O2S2. The lowest BCUT2D eigenvalue weighted by Gasteiger charge is -2.18. The maximum Gasteiger partial charge on any atom is 0.240 e. The van der Waals surface area contributed by atoms with E-state index in [0.717, 1.165) is 43.7 Å². The standard InChI is InChI=1S/C14H22N2O2S2/c1-19-10-3-2-9-16-20(17,18)13-7-6-12-5-4-8-15-14(12)11-13/h6-7,11,15-16H,2-5,8-10H2,1H3. The fraction of sp³-hybridized carbons (Fsp3) is 0.571. The van der Waals surface area contributed by atoms with E-state index < -0.39 is 10.0 Å². The summed E-state index contributed by atoms with van der Waals surface area (Å²) in [7, 11) is -3.38. The summed E-state index contributed by atoms with van der Waals surface area (Å²) >= 11 is 1.79. The fourth-order valence-corrected chi connectivity index (χ4v) is 3.86. The zero-order valence-corrected chi connectivity index (χ0v) is 13.4. The SMILES string of the molecule is CSCCCCNS(=O)(=O)c1ccc2c(c1)NCCC2. The van der Waals surface area contributed by atoms with Crippen LogP contribution in [-0.2, 0) is 16.4 Å². The second-order valence-electron chi connectivity index (χ2n) is 4.95. The van der Waals surface area contributed by atoms with Gasteiger partial charge >= 0.3 is 0 Å². The minimum absolute atomic E-state index is 0.357. The number of fused-ring (bicyclic) bond motifs is 1. The summed E-state index contributed by atoms with van der Waals surface area (Å²) in [4.78, 5) is 0.357. The molecule has 0 bridgehead atoms. The molecule has 0 saturated carbocycles. The molecule has 0 amide bonds. The van der Waals surface area contributed by atoms with Crippen molar-refractivity contribution in [1.29, 1.82) is 0 Å². The summed E-state index contributed by atoms with van der Waals surface area (Å²) in [5.41, 5.74) is 2.16. The molecule has 0 aromatic heterocycles. The topological polar surface area (TPSA) is 58.2 Å². The Hall–Kier alpha value is -0.720. The summed E-state index contributed by atoms with van der Waals surface area (Å²) in [6.45, 7) is 1.42. The first kappa shape index (κ1) is 15.7. The fourth-order valence-electron chi connectivity index (χ4n) is 2.27. The lowest BCUT2D eigenvalue weighted by Crippen LogP contribution is -2.25. The Kier molecular flexibility index (Phi) is 5.74. The van der Waals surface area contributed by atoms with E-state index >= 15 is 0 Å². The van der Waals surface area contributed by atoms with Crippen molar-refractivity contribution < 1.29 is 8.42 Å². The number of hydrogen-bond donors (Lipinski definition) is 2. The van der Waals surface area contributed by atoms with Crippen LogP contribution >= 0.6 is 11.8 Å². The first-order chi connectivity index (χ1) is 9.63. The third-order valence-electron chi connectivity index (χ3n) is 3.40. The van der Waals surface area contributed by atoms with Gasteiger partial charge < -0.3 is 5.32 Å². The minimum Gasteiger partial charge on any atom is -0.385 e. The van der Waals surface area contributed by atoms with Crippen molar-refractivity contribution in [2.75, 3.05) is 30.4 Å². The molecule has 2 rings (SSSR count). The van der Waals surface area contributed by atoms with Crippen LogP contribution in [-0.4, -0.2) is 33.5 Å². The van der Waals surface area contributed by atoms with Crippen molar-refractivity contribution in [3.8, 4) is 0 Å². The van der Waals surface area contributed by atoms with Crippen LogP contribution in [0.5, 0.6) is 0 Å². The van der Waals surface area contributed by atoms with Gasteiger partial charge in [-0.25, -0.2) is 13.1 Å². The third kappa shape index (κ3) is 4.14. The van der Waals surface area contributed by atoms with Gasteiger partial charge in [-0.2, -0.15) is 11.8 Å². The van der Waals surface area contributed by atoms with Gasteiger partial charge in [-0.05, 0) is 55.4 Å². The maximum atomic E-state index is 12.2. The molecule has 1 heterocycles. The molecule has 1 aromatic carbocycles. The highest BCUT2D eigenvalue weighted by Gasteiger charge is 2.16. The summed E-state index contributed by atoms with van der Waals surface area (Å²) in [5, 5.41) is 3.26. The molecule has 0 fully saturated rings. The van der Waals surface area contributed by atoms with Crippen molar-refractivity contribution in [3.63, 3.8) is 0 Å². The molecule has 1 aromatic rings. The number of unbranched alkanes of at least 4 members (excludes halogenated alkanes) is 1. The molecule has 0 radical (unpaired) electrons. The normalized spacial score (nSPS) is 14.7. The van der Waals surface area contributed by atoms with Gasteiger partial charge in [0, 0.05) is 18.8 Å². The number of sulfonamides is 1. The minimum atomic E-state index is -3.38. The van der Waals surface area contributed by atoms with Crippen molar-refractivity contribution in [1.82, 2.24) is 4.72 Å². The van der Waals surface area contributed by atoms with E-state index in [2.05, 4.69) is 16.3 Å². The van der Waals surface area contributed by atoms with Gasteiger partial charge in [0.05, 0.1) is 4.90 Å². The van der Waals surface area contributed by atoms with E-state index in [9.17, 15) is 8.42 Å². The summed E-state index contributed by atoms with van der Waals surface area (Å²) < 4.78 is 27.1. The molecule has 0 aliphatic carbocycles. The number of rotatable bonds is 7. The van der Waals surface area contributed by atoms with E-state index in [0.29, 0.717) is 11.4 Å². The average Bonchev–Trinajstić information content (AvgIpc) is 2.46. The molecule has 6 heteroatoms. The summed E-state index contributed by atoms with van der Waals surface area (Å²) in [6.07, 6.45) is 6.10. The van der Waals surface area contributed by atoms with Crippen molar-refractivity contribution in [3.05, 3.63) is 23.8 Å². The highest BCUT2D eigenvalue weighted by molar-refractivity contribution is 7.98. The molecule has 0 spiro atoms. The van der Waals surface area contributed by atoms with Crippen LogP contribution in [0.3, 0.4) is 0 Å². The van der Waals surface area contributed by atoms with Crippen LogP contribution in [0, 0.1) is 0 Å². The van der Waals surface area contributed by atoms with Gasteiger partial charge in [0.15, 0.2) is 0 Å². The van der Waals surface area contributed by atoms with E-state index in [4.69, 9.17) is 0 Å². The van der Waals surface area contributed by atoms with Gasteiger partial charge in [0.1, 0.15) is 0 Å². The van der Waals surface area contributed by atoms with E-state index in [-0.39, 0.29) is 0 Å². The van der Waals surface area contributed by atoms with Gasteiger partial charge in [-0.1, -0.05) is 6.07 Å². The number of benzene rings is 1. The number of thioether (sulfide) groups is 1. The molecular weight excluding hydrogens is 292 g/mol. The molecule has 1 aliphatic rings.